The van der Waals surface area contributed by atoms with Crippen LogP contribution in [-0.4, -0.2) is 5.16 Å². The predicted octanol–water partition coefficient (Wildman–Crippen LogP) is -1.07. The number of rotatable bonds is 0. The molecule has 0 radical (unpaired) electrons. The van der Waals surface area contributed by atoms with E-state index in [9.17, 15) is 0 Å². The van der Waals surface area contributed by atoms with Crippen LogP contribution in [0.3, 0.4) is 0 Å². The Balaban J connectivity index is 0. The van der Waals surface area contributed by atoms with Crippen LogP contribution >= 0.6 is 9.24 Å². The Hall–Kier alpha value is 2.07. The van der Waals surface area contributed by atoms with Crippen LogP contribution in [0.25, 0.3) is 0 Å². The summed E-state index contributed by atoms with van der Waals surface area (Å²) in [5.41, 5.74) is 0. The zero-order chi connectivity index (χ0) is 4.50. The molecule has 0 amide bonds. The second kappa shape index (κ2) is 4.00. The van der Waals surface area contributed by atoms with Gasteiger partial charge in [0, 0.05) is 0 Å². The summed E-state index contributed by atoms with van der Waals surface area (Å²) >= 11 is 0. The normalized spacial score (nSPS) is 10.0. The molecule has 0 aromatic carbocycles. The van der Waals surface area contributed by atoms with Crippen molar-refractivity contribution in [2.75, 3.05) is 0 Å². The quantitative estimate of drug-likeness (QED) is 0.288. The first-order valence-electron chi connectivity index (χ1n) is 1.75. The van der Waals surface area contributed by atoms with Gasteiger partial charge in [0.1, 0.15) is 0 Å². The second-order valence-corrected chi connectivity index (χ2v) is 3.75. The Morgan fingerprint density at radius 1 is 1.17 bits per heavy atom. The van der Waals surface area contributed by atoms with Crippen molar-refractivity contribution in [3.8, 4) is 0 Å². The van der Waals surface area contributed by atoms with E-state index in [2.05, 4.69) is 30.0 Å². The third kappa shape index (κ3) is 36.5. The average molecular weight is 128 g/mol. The first-order chi connectivity index (χ1) is 2.00. The first-order valence-corrected chi connectivity index (χ1v) is 2.25. The molecule has 32 valence electrons. The topological polar surface area (TPSA) is 0 Å². The molecule has 0 bridgehead atoms. The van der Waals surface area contributed by atoms with Gasteiger partial charge in [-0.1, -0.05) is 20.8 Å². The van der Waals surface area contributed by atoms with Gasteiger partial charge in [-0.2, -0.15) is 5.16 Å². The molecule has 0 unspecified atom stereocenters. The average Bonchev–Trinajstić information content (AvgIpc) is 0.722. The molecule has 0 aromatic heterocycles. The summed E-state index contributed by atoms with van der Waals surface area (Å²) in [6.07, 6.45) is 0. The van der Waals surface area contributed by atoms with Gasteiger partial charge in [-0.25, -0.2) is 0 Å². The molecule has 0 saturated heterocycles. The van der Waals surface area contributed by atoms with Gasteiger partial charge in [0.2, 0.25) is 0 Å². The van der Waals surface area contributed by atoms with Crippen molar-refractivity contribution in [3.05, 3.63) is 0 Å². The Kier molecular flexibility index (Phi) is 7.29. The van der Waals surface area contributed by atoms with Crippen LogP contribution in [-0.2, 0) is 0 Å². The van der Waals surface area contributed by atoms with E-state index in [1.54, 1.807) is 0 Å². The van der Waals surface area contributed by atoms with E-state index in [-0.39, 0.29) is 51.4 Å². The third-order valence-corrected chi connectivity index (χ3v) is 0. The van der Waals surface area contributed by atoms with Crippen LogP contribution in [0.2, 0.25) is 0 Å². The fourth-order valence-corrected chi connectivity index (χ4v) is 0. The minimum Gasteiger partial charge on any atom is -0.552 e. The molecule has 0 aromatic rings. The Bertz CT molecular complexity index is 23.0. The van der Waals surface area contributed by atoms with E-state index in [4.69, 9.17) is 0 Å². The fourth-order valence-electron chi connectivity index (χ4n) is 0. The van der Waals surface area contributed by atoms with Crippen molar-refractivity contribution in [2.45, 2.75) is 25.9 Å². The maximum atomic E-state index is 3.42. The van der Waals surface area contributed by atoms with Crippen molar-refractivity contribution in [1.29, 1.82) is 0 Å². The SMILES string of the molecule is CC(C)(C)[PH-].[K+]. The van der Waals surface area contributed by atoms with Gasteiger partial charge in [-0.05, 0) is 0 Å². The molecular weight excluding hydrogens is 118 g/mol. The van der Waals surface area contributed by atoms with E-state index in [1.807, 2.05) is 0 Å². The maximum absolute atomic E-state index is 3.42. The van der Waals surface area contributed by atoms with E-state index in [0.717, 1.165) is 0 Å². The molecular formula is C4H10KP. The Morgan fingerprint density at radius 2 is 1.17 bits per heavy atom. The zero-order valence-electron chi connectivity index (χ0n) is 5.00. The van der Waals surface area contributed by atoms with E-state index < -0.39 is 0 Å². The van der Waals surface area contributed by atoms with Gasteiger partial charge in [0.05, 0.1) is 0 Å². The Labute approximate surface area is 85.1 Å². The van der Waals surface area contributed by atoms with Crippen LogP contribution in [0.5, 0.6) is 0 Å². The monoisotopic (exact) mass is 128 g/mol. The predicted molar refractivity (Wildman–Crippen MR) is 28.1 cm³/mol. The number of hydrogen-bond donors (Lipinski definition) is 0. The van der Waals surface area contributed by atoms with Gasteiger partial charge in [0.25, 0.3) is 0 Å². The first kappa shape index (κ1) is 10.9. The van der Waals surface area contributed by atoms with Crippen LogP contribution in [0, 0.1) is 0 Å². The van der Waals surface area contributed by atoms with Gasteiger partial charge in [-0.15, -0.1) is 0 Å². The van der Waals surface area contributed by atoms with Crippen molar-refractivity contribution in [1.82, 2.24) is 0 Å². The zero-order valence-corrected chi connectivity index (χ0v) is 9.12. The van der Waals surface area contributed by atoms with Gasteiger partial charge < -0.3 is 9.24 Å². The summed E-state index contributed by atoms with van der Waals surface area (Å²) < 4.78 is 0. The summed E-state index contributed by atoms with van der Waals surface area (Å²) in [4.78, 5) is 0. The summed E-state index contributed by atoms with van der Waals surface area (Å²) in [6.45, 7) is 6.30. The van der Waals surface area contributed by atoms with Crippen LogP contribution in [0.15, 0.2) is 0 Å². The summed E-state index contributed by atoms with van der Waals surface area (Å²) in [6, 6.07) is 0. The molecule has 0 heterocycles. The van der Waals surface area contributed by atoms with Crippen molar-refractivity contribution < 1.29 is 51.4 Å². The number of hydrogen-bond acceptors (Lipinski definition) is 0. The molecule has 0 aliphatic carbocycles. The van der Waals surface area contributed by atoms with Crippen LogP contribution in [0.1, 0.15) is 20.8 Å². The van der Waals surface area contributed by atoms with Gasteiger partial charge in [-0.3, -0.25) is 0 Å². The molecule has 0 rings (SSSR count). The van der Waals surface area contributed by atoms with Crippen molar-refractivity contribution >= 4 is 9.24 Å². The van der Waals surface area contributed by atoms with Crippen LogP contribution < -0.4 is 51.4 Å². The maximum Gasteiger partial charge on any atom is 1.00 e. The van der Waals surface area contributed by atoms with Gasteiger partial charge >= 0.3 is 51.4 Å². The fraction of sp³-hybridized carbons (Fsp3) is 1.00. The Morgan fingerprint density at radius 3 is 1.17 bits per heavy atom. The van der Waals surface area contributed by atoms with Crippen molar-refractivity contribution in [3.63, 3.8) is 0 Å². The summed E-state index contributed by atoms with van der Waals surface area (Å²) in [5.74, 6) is 0. The summed E-state index contributed by atoms with van der Waals surface area (Å²) in [7, 11) is 3.42. The molecule has 2 heteroatoms. The molecule has 0 spiro atoms. The van der Waals surface area contributed by atoms with E-state index >= 15 is 0 Å². The molecule has 0 fully saturated rings. The molecule has 0 saturated carbocycles. The molecule has 6 heavy (non-hydrogen) atoms. The van der Waals surface area contributed by atoms with Crippen molar-refractivity contribution in [2.24, 2.45) is 0 Å². The third-order valence-electron chi connectivity index (χ3n) is 0. The largest absolute Gasteiger partial charge is 1.00 e. The minimum atomic E-state index is 0. The molecule has 0 atom stereocenters. The standard InChI is InChI=1S/C4H10P.K/c1-4(2,3)5;/h5H,1-3H3;/q-1;+1. The molecule has 0 aliphatic heterocycles. The minimum absolute atomic E-state index is 0. The van der Waals surface area contributed by atoms with Crippen LogP contribution in [0.4, 0.5) is 0 Å². The van der Waals surface area contributed by atoms with Gasteiger partial charge in [0.15, 0.2) is 0 Å². The molecule has 0 aliphatic rings. The van der Waals surface area contributed by atoms with E-state index in [0.29, 0.717) is 5.16 Å². The smallest absolute Gasteiger partial charge is 0.552 e. The molecule has 0 N–H and O–H groups in total. The molecule has 0 nitrogen and oxygen atoms in total. The second-order valence-electron chi connectivity index (χ2n) is 2.25. The van der Waals surface area contributed by atoms with E-state index in [1.165, 1.54) is 0 Å². The summed E-state index contributed by atoms with van der Waals surface area (Å²) in [5, 5.41) is 0.306.